The van der Waals surface area contributed by atoms with Crippen LogP contribution in [0.15, 0.2) is 24.3 Å². The summed E-state index contributed by atoms with van der Waals surface area (Å²) < 4.78 is 14.8. The molecule has 0 radical (unpaired) electrons. The van der Waals surface area contributed by atoms with Crippen molar-refractivity contribution in [3.05, 3.63) is 41.5 Å². The van der Waals surface area contributed by atoms with Crippen LogP contribution < -0.4 is 5.32 Å². The number of aromatic nitrogens is 2. The maximum atomic E-state index is 12.9. The maximum absolute atomic E-state index is 12.9. The van der Waals surface area contributed by atoms with Crippen LogP contribution >= 0.6 is 0 Å². The molecule has 1 heterocycles. The van der Waals surface area contributed by atoms with E-state index in [1.54, 1.807) is 12.1 Å². The van der Waals surface area contributed by atoms with Crippen molar-refractivity contribution in [3.63, 3.8) is 0 Å². The molecule has 0 aliphatic carbocycles. The molecule has 0 spiro atoms. The summed E-state index contributed by atoms with van der Waals surface area (Å²) in [4.78, 5) is 0. The lowest BCUT2D eigenvalue weighted by molar-refractivity contribution is 0.628. The second-order valence-corrected chi connectivity index (χ2v) is 4.07. The molecule has 0 unspecified atom stereocenters. The first-order valence-corrected chi connectivity index (χ1v) is 5.56. The van der Waals surface area contributed by atoms with Crippen LogP contribution in [0.5, 0.6) is 0 Å². The van der Waals surface area contributed by atoms with E-state index in [2.05, 4.69) is 10.4 Å². The van der Waals surface area contributed by atoms with E-state index in [0.717, 1.165) is 22.5 Å². The fourth-order valence-corrected chi connectivity index (χ4v) is 1.96. The average molecular weight is 233 g/mol. The van der Waals surface area contributed by atoms with Crippen LogP contribution in [-0.4, -0.2) is 16.8 Å². The number of rotatable bonds is 3. The van der Waals surface area contributed by atoms with Crippen molar-refractivity contribution in [1.29, 1.82) is 0 Å². The Labute approximate surface area is 100 Å². The van der Waals surface area contributed by atoms with E-state index in [1.807, 2.05) is 25.7 Å². The van der Waals surface area contributed by atoms with Crippen molar-refractivity contribution >= 4 is 0 Å². The zero-order valence-corrected chi connectivity index (χ0v) is 10.3. The van der Waals surface area contributed by atoms with Gasteiger partial charge in [0.05, 0.1) is 5.69 Å². The molecule has 1 aromatic heterocycles. The van der Waals surface area contributed by atoms with Crippen LogP contribution in [0, 0.1) is 12.7 Å². The Kier molecular flexibility index (Phi) is 3.24. The molecule has 2 rings (SSSR count). The molecular weight excluding hydrogens is 217 g/mol. The number of benzene rings is 1. The van der Waals surface area contributed by atoms with Crippen LogP contribution in [0.1, 0.15) is 11.4 Å². The van der Waals surface area contributed by atoms with Crippen LogP contribution in [0.2, 0.25) is 0 Å². The monoisotopic (exact) mass is 233 g/mol. The molecule has 4 heteroatoms. The Hall–Kier alpha value is -1.68. The molecule has 0 saturated carbocycles. The van der Waals surface area contributed by atoms with E-state index >= 15 is 0 Å². The first-order valence-electron chi connectivity index (χ1n) is 5.56. The summed E-state index contributed by atoms with van der Waals surface area (Å²) in [6.07, 6.45) is 0. The number of halogens is 1. The first-order chi connectivity index (χ1) is 8.13. The van der Waals surface area contributed by atoms with E-state index in [0.29, 0.717) is 6.54 Å². The largest absolute Gasteiger partial charge is 0.314 e. The van der Waals surface area contributed by atoms with Crippen molar-refractivity contribution < 1.29 is 4.39 Å². The van der Waals surface area contributed by atoms with E-state index in [4.69, 9.17) is 0 Å². The van der Waals surface area contributed by atoms with E-state index < -0.39 is 0 Å². The predicted molar refractivity (Wildman–Crippen MR) is 66.1 cm³/mol. The van der Waals surface area contributed by atoms with Gasteiger partial charge in [-0.1, -0.05) is 12.1 Å². The summed E-state index contributed by atoms with van der Waals surface area (Å²) in [5, 5.41) is 7.56. The second-order valence-electron chi connectivity index (χ2n) is 4.07. The van der Waals surface area contributed by atoms with Crippen LogP contribution in [0.4, 0.5) is 4.39 Å². The fourth-order valence-electron chi connectivity index (χ4n) is 1.96. The highest BCUT2D eigenvalue weighted by Gasteiger charge is 2.13. The van der Waals surface area contributed by atoms with Gasteiger partial charge in [-0.2, -0.15) is 5.10 Å². The van der Waals surface area contributed by atoms with Crippen LogP contribution in [-0.2, 0) is 13.6 Å². The Morgan fingerprint density at radius 1 is 1.29 bits per heavy atom. The molecule has 0 bridgehead atoms. The number of nitrogens with zero attached hydrogens (tertiary/aromatic N) is 2. The Bertz CT molecular complexity index is 514. The molecule has 1 aromatic carbocycles. The number of nitrogens with one attached hydrogen (secondary N) is 1. The van der Waals surface area contributed by atoms with Gasteiger partial charge in [-0.05, 0) is 31.7 Å². The van der Waals surface area contributed by atoms with Gasteiger partial charge in [0.15, 0.2) is 0 Å². The zero-order chi connectivity index (χ0) is 12.4. The Balaban J connectivity index is 2.53. The number of hydrogen-bond acceptors (Lipinski definition) is 2. The molecule has 2 aromatic rings. The van der Waals surface area contributed by atoms with Crippen LogP contribution in [0.3, 0.4) is 0 Å². The second kappa shape index (κ2) is 4.67. The van der Waals surface area contributed by atoms with Gasteiger partial charge in [-0.15, -0.1) is 0 Å². The van der Waals surface area contributed by atoms with Crippen LogP contribution in [0.25, 0.3) is 11.1 Å². The van der Waals surface area contributed by atoms with Gasteiger partial charge in [0.1, 0.15) is 5.82 Å². The molecule has 0 fully saturated rings. The standard InChI is InChI=1S/C13H16FN3/c1-9-13(10-4-6-11(14)7-5-10)12(8-15-2)16-17(9)3/h4-7,15H,8H2,1-3H3. The highest BCUT2D eigenvalue weighted by atomic mass is 19.1. The minimum Gasteiger partial charge on any atom is -0.314 e. The third-order valence-corrected chi connectivity index (χ3v) is 2.88. The summed E-state index contributed by atoms with van der Waals surface area (Å²) in [5.74, 6) is -0.217. The molecule has 0 amide bonds. The summed E-state index contributed by atoms with van der Waals surface area (Å²) >= 11 is 0. The van der Waals surface area contributed by atoms with Crippen molar-refractivity contribution in [1.82, 2.24) is 15.1 Å². The van der Waals surface area contributed by atoms with Gasteiger partial charge in [-0.25, -0.2) is 4.39 Å². The minimum atomic E-state index is -0.217. The lowest BCUT2D eigenvalue weighted by Crippen LogP contribution is -2.07. The van der Waals surface area contributed by atoms with Crippen molar-refractivity contribution in [3.8, 4) is 11.1 Å². The number of hydrogen-bond donors (Lipinski definition) is 1. The summed E-state index contributed by atoms with van der Waals surface area (Å²) in [6.45, 7) is 2.72. The quantitative estimate of drug-likeness (QED) is 0.881. The topological polar surface area (TPSA) is 29.9 Å². The molecule has 0 saturated heterocycles. The molecule has 1 N–H and O–H groups in total. The third-order valence-electron chi connectivity index (χ3n) is 2.88. The molecule has 0 aliphatic heterocycles. The summed E-state index contributed by atoms with van der Waals surface area (Å²) in [5.41, 5.74) is 4.16. The SMILES string of the molecule is CNCc1nn(C)c(C)c1-c1ccc(F)cc1. The molecule has 90 valence electrons. The summed E-state index contributed by atoms with van der Waals surface area (Å²) in [7, 11) is 3.81. The lowest BCUT2D eigenvalue weighted by atomic mass is 10.0. The van der Waals surface area contributed by atoms with Crippen molar-refractivity contribution in [2.45, 2.75) is 13.5 Å². The lowest BCUT2D eigenvalue weighted by Gasteiger charge is -2.04. The first kappa shape index (κ1) is 11.8. The molecule has 0 aliphatic rings. The highest BCUT2D eigenvalue weighted by Crippen LogP contribution is 2.27. The van der Waals surface area contributed by atoms with Gasteiger partial charge in [0.2, 0.25) is 0 Å². The van der Waals surface area contributed by atoms with Crippen molar-refractivity contribution in [2.24, 2.45) is 7.05 Å². The normalized spacial score (nSPS) is 10.8. The number of aryl methyl sites for hydroxylation is 1. The maximum Gasteiger partial charge on any atom is 0.123 e. The molecule has 3 nitrogen and oxygen atoms in total. The average Bonchev–Trinajstić information content (AvgIpc) is 2.57. The van der Waals surface area contributed by atoms with Gasteiger partial charge in [-0.3, -0.25) is 4.68 Å². The minimum absolute atomic E-state index is 0.217. The Morgan fingerprint density at radius 3 is 2.53 bits per heavy atom. The smallest absolute Gasteiger partial charge is 0.123 e. The zero-order valence-electron chi connectivity index (χ0n) is 10.3. The van der Waals surface area contributed by atoms with Gasteiger partial charge in [0, 0.05) is 24.8 Å². The Morgan fingerprint density at radius 2 is 1.94 bits per heavy atom. The predicted octanol–water partition coefficient (Wildman–Crippen LogP) is 2.25. The van der Waals surface area contributed by atoms with Crippen molar-refractivity contribution in [2.75, 3.05) is 7.05 Å². The van der Waals surface area contributed by atoms with Gasteiger partial charge in [0.25, 0.3) is 0 Å². The fraction of sp³-hybridized carbons (Fsp3) is 0.308. The van der Waals surface area contributed by atoms with E-state index in [9.17, 15) is 4.39 Å². The third kappa shape index (κ3) is 2.22. The van der Waals surface area contributed by atoms with E-state index in [-0.39, 0.29) is 5.82 Å². The van der Waals surface area contributed by atoms with Gasteiger partial charge >= 0.3 is 0 Å². The van der Waals surface area contributed by atoms with E-state index in [1.165, 1.54) is 12.1 Å². The molecule has 0 atom stereocenters. The molecular formula is C13H16FN3. The highest BCUT2D eigenvalue weighted by molar-refractivity contribution is 5.68. The van der Waals surface area contributed by atoms with Gasteiger partial charge < -0.3 is 5.32 Å². The molecule has 17 heavy (non-hydrogen) atoms. The summed E-state index contributed by atoms with van der Waals surface area (Å²) in [6, 6.07) is 6.53.